The van der Waals surface area contributed by atoms with Gasteiger partial charge in [-0.25, -0.2) is 0 Å². The lowest BCUT2D eigenvalue weighted by molar-refractivity contribution is -0.915. The van der Waals surface area contributed by atoms with Crippen molar-refractivity contribution in [3.8, 4) is 0 Å². The molecular formula is C21H25Br2ClN2O2. The molecule has 1 N–H and O–H groups in total. The number of ketones is 1. The van der Waals surface area contributed by atoms with Crippen molar-refractivity contribution in [1.82, 2.24) is 0 Å². The van der Waals surface area contributed by atoms with Crippen molar-refractivity contribution >= 4 is 44.9 Å². The third kappa shape index (κ3) is 6.14. The van der Waals surface area contributed by atoms with Crippen LogP contribution >= 0.6 is 27.5 Å². The minimum Gasteiger partial charge on any atom is -1.00 e. The van der Waals surface area contributed by atoms with E-state index in [1.807, 2.05) is 6.07 Å². The Bertz CT molecular complexity index is 813. The van der Waals surface area contributed by atoms with E-state index in [9.17, 15) is 9.59 Å². The van der Waals surface area contributed by atoms with E-state index in [-0.39, 0.29) is 28.7 Å². The number of likely N-dealkylation sites (N-methyl/N-ethyl adjacent to an activating group) is 1. The first-order chi connectivity index (χ1) is 12.8. The molecule has 0 fully saturated rings. The Kier molecular flexibility index (Phi) is 9.84. The first-order valence-electron chi connectivity index (χ1n) is 9.09. The quantitative estimate of drug-likeness (QED) is 0.419. The number of anilines is 1. The van der Waals surface area contributed by atoms with Gasteiger partial charge in [0.1, 0.15) is 0 Å². The molecule has 0 spiro atoms. The Morgan fingerprint density at radius 1 is 1.00 bits per heavy atom. The summed E-state index contributed by atoms with van der Waals surface area (Å²) >= 11 is 9.32. The van der Waals surface area contributed by atoms with Crippen LogP contribution in [0.25, 0.3) is 0 Å². The molecule has 0 atom stereocenters. The highest BCUT2D eigenvalue weighted by Crippen LogP contribution is 2.25. The number of amides is 1. The van der Waals surface area contributed by atoms with Gasteiger partial charge in [0.25, 0.3) is 5.91 Å². The van der Waals surface area contributed by atoms with Crippen LogP contribution in [-0.2, 0) is 4.79 Å². The minimum atomic E-state index is -0.162. The largest absolute Gasteiger partial charge is 1.00 e. The molecule has 2 aromatic carbocycles. The number of hydrogen-bond acceptors (Lipinski definition) is 2. The van der Waals surface area contributed by atoms with Crippen LogP contribution < -0.4 is 22.3 Å². The molecule has 0 aliphatic rings. The van der Waals surface area contributed by atoms with Gasteiger partial charge in [-0.3, -0.25) is 9.59 Å². The van der Waals surface area contributed by atoms with Crippen molar-refractivity contribution in [3.05, 3.63) is 63.1 Å². The molecule has 0 unspecified atom stereocenters. The SMILES string of the molecule is CC[N+](CC)(CC)CC(=O)Nc1ccc(Br)cc1C(=O)c1ccc(Cl)cc1.[Br-]. The number of halogens is 3. The molecule has 28 heavy (non-hydrogen) atoms. The summed E-state index contributed by atoms with van der Waals surface area (Å²) < 4.78 is 1.49. The highest BCUT2D eigenvalue weighted by molar-refractivity contribution is 9.10. The highest BCUT2D eigenvalue weighted by atomic mass is 79.9. The van der Waals surface area contributed by atoms with Crippen molar-refractivity contribution in [3.63, 3.8) is 0 Å². The van der Waals surface area contributed by atoms with Crippen molar-refractivity contribution in [1.29, 1.82) is 0 Å². The molecular weight excluding hydrogens is 508 g/mol. The molecule has 2 aromatic rings. The molecule has 152 valence electrons. The summed E-state index contributed by atoms with van der Waals surface area (Å²) in [6.45, 7) is 9.32. The zero-order valence-corrected chi connectivity index (χ0v) is 20.2. The molecule has 2 rings (SSSR count). The Morgan fingerprint density at radius 3 is 2.11 bits per heavy atom. The second kappa shape index (κ2) is 11.1. The predicted octanol–water partition coefficient (Wildman–Crippen LogP) is 2.15. The van der Waals surface area contributed by atoms with Gasteiger partial charge in [0.15, 0.2) is 12.3 Å². The molecule has 0 bridgehead atoms. The lowest BCUT2D eigenvalue weighted by atomic mass is 10.0. The van der Waals surface area contributed by atoms with Gasteiger partial charge in [-0.2, -0.15) is 0 Å². The highest BCUT2D eigenvalue weighted by Gasteiger charge is 2.25. The van der Waals surface area contributed by atoms with Gasteiger partial charge in [0.05, 0.1) is 25.3 Å². The first kappa shape index (κ1) is 24.8. The lowest BCUT2D eigenvalue weighted by Crippen LogP contribution is -3.00. The standard InChI is InChI=1S/C21H24BrClN2O2.BrH/c1-4-25(5-2,6-3)14-20(26)24-19-12-9-16(22)13-18(19)21(27)15-7-10-17(23)11-8-15;/h7-13H,4-6,14H2,1-3H3;1H. The minimum absolute atomic E-state index is 0. The van der Waals surface area contributed by atoms with Crippen LogP contribution in [0, 0.1) is 0 Å². The van der Waals surface area contributed by atoms with Crippen molar-refractivity contribution < 1.29 is 31.1 Å². The maximum absolute atomic E-state index is 12.9. The van der Waals surface area contributed by atoms with Gasteiger partial charge in [0, 0.05) is 20.6 Å². The normalized spacial score (nSPS) is 10.9. The number of hydrogen-bond donors (Lipinski definition) is 1. The Balaban J connectivity index is 0.00000392. The lowest BCUT2D eigenvalue weighted by Gasteiger charge is -2.35. The van der Waals surface area contributed by atoms with Crippen LogP contribution in [0.2, 0.25) is 5.02 Å². The molecule has 0 radical (unpaired) electrons. The topological polar surface area (TPSA) is 46.2 Å². The summed E-state index contributed by atoms with van der Waals surface area (Å²) in [6.07, 6.45) is 0. The average molecular weight is 533 g/mol. The molecule has 1 amide bonds. The summed E-state index contributed by atoms with van der Waals surface area (Å²) in [5, 5.41) is 3.51. The van der Waals surface area contributed by atoms with Crippen molar-refractivity contribution in [2.75, 3.05) is 31.5 Å². The van der Waals surface area contributed by atoms with Gasteiger partial charge in [0.2, 0.25) is 0 Å². The van der Waals surface area contributed by atoms with E-state index in [2.05, 4.69) is 42.0 Å². The number of carbonyl (C=O) groups is 2. The van der Waals surface area contributed by atoms with Crippen LogP contribution in [0.3, 0.4) is 0 Å². The Morgan fingerprint density at radius 2 is 1.57 bits per heavy atom. The second-order valence-electron chi connectivity index (χ2n) is 6.52. The van der Waals surface area contributed by atoms with Crippen LogP contribution in [-0.4, -0.2) is 42.4 Å². The van der Waals surface area contributed by atoms with E-state index >= 15 is 0 Å². The summed E-state index contributed by atoms with van der Waals surface area (Å²) in [4.78, 5) is 25.6. The van der Waals surface area contributed by atoms with E-state index in [1.165, 1.54) is 0 Å². The third-order valence-electron chi connectivity index (χ3n) is 5.10. The van der Waals surface area contributed by atoms with Crippen molar-refractivity contribution in [2.45, 2.75) is 20.8 Å². The van der Waals surface area contributed by atoms with Gasteiger partial charge in [-0.05, 0) is 63.2 Å². The Labute approximate surface area is 190 Å². The molecule has 0 saturated heterocycles. The second-order valence-corrected chi connectivity index (χ2v) is 7.87. The monoisotopic (exact) mass is 530 g/mol. The van der Waals surface area contributed by atoms with E-state index in [0.29, 0.717) is 32.9 Å². The van der Waals surface area contributed by atoms with Crippen molar-refractivity contribution in [2.24, 2.45) is 0 Å². The number of nitrogens with one attached hydrogen (secondary N) is 1. The van der Waals surface area contributed by atoms with E-state index in [1.54, 1.807) is 36.4 Å². The fraction of sp³-hybridized carbons (Fsp3) is 0.333. The number of carbonyl (C=O) groups excluding carboxylic acids is 2. The predicted molar refractivity (Wildman–Crippen MR) is 114 cm³/mol. The van der Waals surface area contributed by atoms with E-state index < -0.39 is 0 Å². The summed E-state index contributed by atoms with van der Waals surface area (Å²) in [6, 6.07) is 12.0. The van der Waals surface area contributed by atoms with Gasteiger partial charge in [-0.15, -0.1) is 0 Å². The average Bonchev–Trinajstić information content (AvgIpc) is 2.67. The van der Waals surface area contributed by atoms with Crippen LogP contribution in [0.15, 0.2) is 46.9 Å². The molecule has 0 saturated carbocycles. The van der Waals surface area contributed by atoms with Gasteiger partial charge >= 0.3 is 0 Å². The maximum Gasteiger partial charge on any atom is 0.279 e. The molecule has 4 nitrogen and oxygen atoms in total. The number of nitrogens with zero attached hydrogens (tertiary/aromatic N) is 1. The van der Waals surface area contributed by atoms with Crippen LogP contribution in [0.1, 0.15) is 36.7 Å². The van der Waals surface area contributed by atoms with E-state index in [4.69, 9.17) is 11.6 Å². The fourth-order valence-corrected chi connectivity index (χ4v) is 3.56. The number of rotatable bonds is 8. The first-order valence-corrected chi connectivity index (χ1v) is 10.3. The van der Waals surface area contributed by atoms with E-state index in [0.717, 1.165) is 24.1 Å². The zero-order chi connectivity index (χ0) is 20.0. The Hall–Kier alpha value is -1.21. The van der Waals surface area contributed by atoms with Crippen LogP contribution in [0.4, 0.5) is 5.69 Å². The summed E-state index contributed by atoms with van der Waals surface area (Å²) in [5.74, 6) is -0.251. The molecule has 0 heterocycles. The molecule has 0 aliphatic heterocycles. The van der Waals surface area contributed by atoms with Gasteiger partial charge < -0.3 is 26.8 Å². The maximum atomic E-state index is 12.9. The van der Waals surface area contributed by atoms with Crippen LogP contribution in [0.5, 0.6) is 0 Å². The smallest absolute Gasteiger partial charge is 0.279 e. The summed E-state index contributed by atoms with van der Waals surface area (Å²) in [5.41, 5.74) is 1.49. The number of quaternary nitrogens is 1. The molecule has 0 aliphatic carbocycles. The molecule has 0 aromatic heterocycles. The zero-order valence-electron chi connectivity index (χ0n) is 16.3. The summed E-state index contributed by atoms with van der Waals surface area (Å²) in [7, 11) is 0. The number of benzene rings is 2. The molecule has 7 heteroatoms. The fourth-order valence-electron chi connectivity index (χ4n) is 3.07. The van der Waals surface area contributed by atoms with Gasteiger partial charge in [-0.1, -0.05) is 27.5 Å². The third-order valence-corrected chi connectivity index (χ3v) is 5.84.